The Labute approximate surface area is 141 Å². The molecule has 3 heterocycles. The highest BCUT2D eigenvalue weighted by atomic mass is 32.2. The van der Waals surface area contributed by atoms with E-state index in [4.69, 9.17) is 0 Å². The maximum atomic E-state index is 12.8. The number of amides is 1. The molecule has 1 spiro atoms. The van der Waals surface area contributed by atoms with Crippen molar-refractivity contribution in [1.29, 1.82) is 0 Å². The lowest BCUT2D eigenvalue weighted by molar-refractivity contribution is -0.143. The van der Waals surface area contributed by atoms with Gasteiger partial charge >= 0.3 is 0 Å². The fraction of sp³-hybridized carbons (Fsp3) is 0.562. The Morgan fingerprint density at radius 3 is 2.83 bits per heavy atom. The van der Waals surface area contributed by atoms with E-state index in [9.17, 15) is 13.2 Å². The maximum absolute atomic E-state index is 12.8. The van der Waals surface area contributed by atoms with Crippen LogP contribution < -0.4 is 0 Å². The second kappa shape index (κ2) is 6.37. The van der Waals surface area contributed by atoms with E-state index in [-0.39, 0.29) is 11.4 Å². The zero-order valence-electron chi connectivity index (χ0n) is 13.1. The average Bonchev–Trinajstić information content (AvgIpc) is 3.07. The molecular formula is C16H22N2O3S2. The quantitative estimate of drug-likeness (QED) is 0.781. The van der Waals surface area contributed by atoms with Crippen molar-refractivity contribution in [3.8, 4) is 0 Å². The molecule has 0 saturated carbocycles. The van der Waals surface area contributed by atoms with Gasteiger partial charge in [-0.15, -0.1) is 17.9 Å². The number of hydrogen-bond acceptors (Lipinski definition) is 4. The monoisotopic (exact) mass is 354 g/mol. The van der Waals surface area contributed by atoms with E-state index >= 15 is 0 Å². The molecule has 3 rings (SSSR count). The number of hydrogen-bond donors (Lipinski definition) is 0. The maximum Gasteiger partial charge on any atom is 0.252 e. The summed E-state index contributed by atoms with van der Waals surface area (Å²) in [6.07, 6.45) is 5.63. The summed E-state index contributed by atoms with van der Waals surface area (Å²) < 4.78 is 27.6. The van der Waals surface area contributed by atoms with Crippen molar-refractivity contribution < 1.29 is 13.2 Å². The smallest absolute Gasteiger partial charge is 0.252 e. The third kappa shape index (κ3) is 2.97. The molecule has 0 aliphatic carbocycles. The van der Waals surface area contributed by atoms with Crippen molar-refractivity contribution in [2.45, 2.75) is 41.9 Å². The van der Waals surface area contributed by atoms with Crippen molar-refractivity contribution in [1.82, 2.24) is 9.21 Å². The van der Waals surface area contributed by atoms with Gasteiger partial charge in [0.05, 0.1) is 5.54 Å². The summed E-state index contributed by atoms with van der Waals surface area (Å²) in [6.45, 7) is 5.16. The SMILES string of the molecule is C=CCN1C(=O)CCC[C@]12CCCN(S(=O)(=O)c1cccs1)C2. The van der Waals surface area contributed by atoms with Gasteiger partial charge in [-0.1, -0.05) is 12.1 Å². The first kappa shape index (κ1) is 16.7. The molecule has 1 aromatic rings. The van der Waals surface area contributed by atoms with E-state index in [1.807, 2.05) is 4.90 Å². The van der Waals surface area contributed by atoms with Gasteiger partial charge in [-0.05, 0) is 37.1 Å². The first-order chi connectivity index (χ1) is 11.0. The molecule has 2 fully saturated rings. The molecular weight excluding hydrogens is 332 g/mol. The summed E-state index contributed by atoms with van der Waals surface area (Å²) in [4.78, 5) is 14.2. The first-order valence-electron chi connectivity index (χ1n) is 7.95. The van der Waals surface area contributed by atoms with Crippen LogP contribution in [0.4, 0.5) is 0 Å². The van der Waals surface area contributed by atoms with Gasteiger partial charge in [0.25, 0.3) is 10.0 Å². The standard InChI is InChI=1S/C16H22N2O3S2/c1-2-10-18-14(19)6-3-8-16(18)9-5-11-17(13-16)23(20,21)15-7-4-12-22-15/h2,4,7,12H,1,3,5-6,8-11,13H2/t16-/m1/s1. The number of rotatable bonds is 4. The first-order valence-corrected chi connectivity index (χ1v) is 10.3. The van der Waals surface area contributed by atoms with E-state index in [1.165, 1.54) is 11.3 Å². The van der Waals surface area contributed by atoms with Crippen LogP contribution in [0.1, 0.15) is 32.1 Å². The van der Waals surface area contributed by atoms with Gasteiger partial charge in [-0.3, -0.25) is 4.79 Å². The van der Waals surface area contributed by atoms with Gasteiger partial charge in [0.1, 0.15) is 4.21 Å². The summed E-state index contributed by atoms with van der Waals surface area (Å²) in [7, 11) is -3.46. The highest BCUT2D eigenvalue weighted by molar-refractivity contribution is 7.91. The van der Waals surface area contributed by atoms with Crippen LogP contribution in [0.3, 0.4) is 0 Å². The van der Waals surface area contributed by atoms with Gasteiger partial charge in [-0.2, -0.15) is 4.31 Å². The van der Waals surface area contributed by atoms with Gasteiger partial charge in [0.15, 0.2) is 0 Å². The van der Waals surface area contributed by atoms with Crippen molar-refractivity contribution in [2.24, 2.45) is 0 Å². The van der Waals surface area contributed by atoms with Crippen molar-refractivity contribution in [3.05, 3.63) is 30.2 Å². The molecule has 0 unspecified atom stereocenters. The third-order valence-electron chi connectivity index (χ3n) is 4.83. The van der Waals surface area contributed by atoms with Crippen LogP contribution in [-0.4, -0.2) is 48.7 Å². The molecule has 7 heteroatoms. The Bertz CT molecular complexity index is 680. The van der Waals surface area contributed by atoms with Gasteiger partial charge in [-0.25, -0.2) is 8.42 Å². The fourth-order valence-electron chi connectivity index (χ4n) is 3.77. The van der Waals surface area contributed by atoms with Crippen molar-refractivity contribution >= 4 is 27.3 Å². The second-order valence-corrected chi connectivity index (χ2v) is 9.36. The summed E-state index contributed by atoms with van der Waals surface area (Å²) in [6, 6.07) is 3.40. The minimum absolute atomic E-state index is 0.117. The molecule has 23 heavy (non-hydrogen) atoms. The van der Waals surface area contributed by atoms with Crippen LogP contribution in [-0.2, 0) is 14.8 Å². The number of nitrogens with zero attached hydrogens (tertiary/aromatic N) is 2. The Balaban J connectivity index is 1.90. The Kier molecular flexibility index (Phi) is 4.62. The molecule has 0 bridgehead atoms. The molecule has 0 radical (unpaired) electrons. The van der Waals surface area contributed by atoms with Gasteiger partial charge in [0, 0.05) is 26.1 Å². The number of likely N-dealkylation sites (tertiary alicyclic amines) is 1. The van der Waals surface area contributed by atoms with E-state index < -0.39 is 10.0 Å². The largest absolute Gasteiger partial charge is 0.332 e. The summed E-state index contributed by atoms with van der Waals surface area (Å²) in [5.74, 6) is 0.117. The van der Waals surface area contributed by atoms with Gasteiger partial charge in [0.2, 0.25) is 5.91 Å². The Hall–Kier alpha value is -1.18. The molecule has 1 aromatic heterocycles. The van der Waals surface area contributed by atoms with E-state index in [0.717, 1.165) is 25.7 Å². The predicted octanol–water partition coefficient (Wildman–Crippen LogP) is 2.47. The molecule has 2 aliphatic heterocycles. The van der Waals surface area contributed by atoms with Crippen molar-refractivity contribution in [3.63, 3.8) is 0 Å². The van der Waals surface area contributed by atoms with E-state index in [0.29, 0.717) is 30.3 Å². The highest BCUT2D eigenvalue weighted by Crippen LogP contribution is 2.38. The molecule has 126 valence electrons. The average molecular weight is 354 g/mol. The number of thiophene rings is 1. The topological polar surface area (TPSA) is 57.7 Å². The van der Waals surface area contributed by atoms with Crippen LogP contribution >= 0.6 is 11.3 Å². The summed E-state index contributed by atoms with van der Waals surface area (Å²) >= 11 is 1.24. The molecule has 0 aromatic carbocycles. The normalized spacial score (nSPS) is 26.6. The predicted molar refractivity (Wildman–Crippen MR) is 90.8 cm³/mol. The number of carbonyl (C=O) groups excluding carboxylic acids is 1. The minimum Gasteiger partial charge on any atom is -0.332 e. The Morgan fingerprint density at radius 2 is 2.13 bits per heavy atom. The molecule has 1 amide bonds. The molecule has 5 nitrogen and oxygen atoms in total. The summed E-state index contributed by atoms with van der Waals surface area (Å²) in [5.41, 5.74) is -0.369. The second-order valence-electron chi connectivity index (χ2n) is 6.25. The Morgan fingerprint density at radius 1 is 1.35 bits per heavy atom. The molecule has 2 aliphatic rings. The highest BCUT2D eigenvalue weighted by Gasteiger charge is 2.47. The van der Waals surface area contributed by atoms with Crippen LogP contribution in [0.15, 0.2) is 34.4 Å². The third-order valence-corrected chi connectivity index (χ3v) is 8.05. The zero-order valence-corrected chi connectivity index (χ0v) is 14.7. The van der Waals surface area contributed by atoms with Crippen LogP contribution in [0.2, 0.25) is 0 Å². The van der Waals surface area contributed by atoms with Gasteiger partial charge < -0.3 is 4.90 Å². The van der Waals surface area contributed by atoms with Crippen molar-refractivity contribution in [2.75, 3.05) is 19.6 Å². The molecule has 2 saturated heterocycles. The van der Waals surface area contributed by atoms with Crippen LogP contribution in [0, 0.1) is 0 Å². The van der Waals surface area contributed by atoms with E-state index in [1.54, 1.807) is 27.9 Å². The van der Waals surface area contributed by atoms with E-state index in [2.05, 4.69) is 6.58 Å². The lowest BCUT2D eigenvalue weighted by atomic mass is 9.80. The number of piperidine rings is 2. The molecule has 0 N–H and O–H groups in total. The van der Waals surface area contributed by atoms with Crippen LogP contribution in [0.25, 0.3) is 0 Å². The fourth-order valence-corrected chi connectivity index (χ4v) is 6.47. The number of sulfonamides is 1. The zero-order chi connectivity index (χ0) is 16.5. The summed E-state index contributed by atoms with van der Waals surface area (Å²) in [5, 5.41) is 1.78. The lowest BCUT2D eigenvalue weighted by Crippen LogP contribution is -2.63. The van der Waals surface area contributed by atoms with Crippen LogP contribution in [0.5, 0.6) is 0 Å². The minimum atomic E-state index is -3.46. The number of carbonyl (C=O) groups is 1. The lowest BCUT2D eigenvalue weighted by Gasteiger charge is -2.51. The molecule has 1 atom stereocenters.